The van der Waals surface area contributed by atoms with Crippen LogP contribution in [0, 0.1) is 5.92 Å². The molecule has 1 aromatic heterocycles. The maximum atomic E-state index is 12.2. The van der Waals surface area contributed by atoms with E-state index in [4.69, 9.17) is 5.73 Å². The van der Waals surface area contributed by atoms with Gasteiger partial charge in [0.1, 0.15) is 0 Å². The zero-order valence-corrected chi connectivity index (χ0v) is 12.0. The highest BCUT2D eigenvalue weighted by atomic mass is 16.1. The van der Waals surface area contributed by atoms with Crippen LogP contribution < -0.4 is 11.1 Å². The van der Waals surface area contributed by atoms with Crippen molar-refractivity contribution in [2.24, 2.45) is 11.7 Å². The van der Waals surface area contributed by atoms with Gasteiger partial charge in [-0.25, -0.2) is 0 Å². The summed E-state index contributed by atoms with van der Waals surface area (Å²) in [6.07, 6.45) is 7.61. The van der Waals surface area contributed by atoms with Crippen molar-refractivity contribution in [3.8, 4) is 0 Å². The van der Waals surface area contributed by atoms with E-state index in [1.54, 1.807) is 24.5 Å². The maximum Gasteiger partial charge on any atom is 0.251 e. The first-order chi connectivity index (χ1) is 10.2. The van der Waals surface area contributed by atoms with Crippen LogP contribution >= 0.6 is 0 Å². The second kappa shape index (κ2) is 6.18. The van der Waals surface area contributed by atoms with E-state index < -0.39 is 0 Å². The molecular formula is C16H20N4O. The lowest BCUT2D eigenvalue weighted by Crippen LogP contribution is -2.34. The number of carbonyl (C=O) groups is 1. The molecule has 0 saturated heterocycles. The third kappa shape index (κ3) is 3.36. The zero-order chi connectivity index (χ0) is 14.7. The SMILES string of the molecule is NC1CCC(CNC(=O)c2ccc3nccnc3c2)CC1. The summed E-state index contributed by atoms with van der Waals surface area (Å²) >= 11 is 0. The number of nitrogens with one attached hydrogen (secondary N) is 1. The summed E-state index contributed by atoms with van der Waals surface area (Å²) in [5, 5.41) is 3.02. The van der Waals surface area contributed by atoms with Gasteiger partial charge in [0.15, 0.2) is 0 Å². The lowest BCUT2D eigenvalue weighted by Gasteiger charge is -2.26. The van der Waals surface area contributed by atoms with Crippen molar-refractivity contribution in [2.75, 3.05) is 6.54 Å². The second-order valence-corrected chi connectivity index (χ2v) is 5.75. The summed E-state index contributed by atoms with van der Waals surface area (Å²) in [6, 6.07) is 5.75. The van der Waals surface area contributed by atoms with E-state index in [0.717, 1.165) is 43.3 Å². The van der Waals surface area contributed by atoms with E-state index in [1.165, 1.54) is 0 Å². The maximum absolute atomic E-state index is 12.2. The Hall–Kier alpha value is -2.01. The quantitative estimate of drug-likeness (QED) is 0.901. The molecule has 5 heteroatoms. The zero-order valence-electron chi connectivity index (χ0n) is 12.0. The number of carbonyl (C=O) groups excluding carboxylic acids is 1. The lowest BCUT2D eigenvalue weighted by molar-refractivity contribution is 0.0943. The molecule has 0 bridgehead atoms. The molecule has 1 amide bonds. The Morgan fingerprint density at radius 1 is 1.14 bits per heavy atom. The molecule has 0 radical (unpaired) electrons. The van der Waals surface area contributed by atoms with Crippen molar-refractivity contribution in [3.63, 3.8) is 0 Å². The Morgan fingerprint density at radius 2 is 1.86 bits per heavy atom. The molecule has 1 heterocycles. The van der Waals surface area contributed by atoms with E-state index in [1.807, 2.05) is 6.07 Å². The standard InChI is InChI=1S/C16H20N4O/c17-13-4-1-11(2-5-13)10-20-16(21)12-3-6-14-15(9-12)19-8-7-18-14/h3,6-9,11,13H,1-2,4-5,10,17H2,(H,20,21). The van der Waals surface area contributed by atoms with Gasteiger partial charge in [-0.15, -0.1) is 0 Å². The molecule has 5 nitrogen and oxygen atoms in total. The van der Waals surface area contributed by atoms with Crippen molar-refractivity contribution in [3.05, 3.63) is 36.2 Å². The van der Waals surface area contributed by atoms with Gasteiger partial charge in [0, 0.05) is 30.5 Å². The predicted octanol–water partition coefficient (Wildman–Crippen LogP) is 1.88. The highest BCUT2D eigenvalue weighted by molar-refractivity contribution is 5.97. The van der Waals surface area contributed by atoms with E-state index in [0.29, 0.717) is 17.5 Å². The molecule has 1 fully saturated rings. The number of hydrogen-bond donors (Lipinski definition) is 2. The first-order valence-electron chi connectivity index (χ1n) is 7.47. The monoisotopic (exact) mass is 284 g/mol. The van der Waals surface area contributed by atoms with Crippen molar-refractivity contribution in [1.82, 2.24) is 15.3 Å². The molecule has 1 saturated carbocycles. The molecule has 1 aliphatic rings. The Balaban J connectivity index is 1.61. The normalized spacial score (nSPS) is 22.1. The summed E-state index contributed by atoms with van der Waals surface area (Å²) in [6.45, 7) is 0.726. The van der Waals surface area contributed by atoms with E-state index >= 15 is 0 Å². The number of amides is 1. The fraction of sp³-hybridized carbons (Fsp3) is 0.438. The van der Waals surface area contributed by atoms with Crippen LogP contribution in [-0.4, -0.2) is 28.5 Å². The van der Waals surface area contributed by atoms with Gasteiger partial charge in [-0.05, 0) is 49.8 Å². The van der Waals surface area contributed by atoms with Crippen molar-refractivity contribution >= 4 is 16.9 Å². The van der Waals surface area contributed by atoms with Crippen LogP contribution in [0.15, 0.2) is 30.6 Å². The Kier molecular flexibility index (Phi) is 4.10. The van der Waals surface area contributed by atoms with Crippen LogP contribution in [0.5, 0.6) is 0 Å². The van der Waals surface area contributed by atoms with Gasteiger partial charge >= 0.3 is 0 Å². The number of nitrogens with zero attached hydrogens (tertiary/aromatic N) is 2. The lowest BCUT2D eigenvalue weighted by atomic mass is 9.86. The molecule has 0 spiro atoms. The summed E-state index contributed by atoms with van der Waals surface area (Å²) in [7, 11) is 0. The smallest absolute Gasteiger partial charge is 0.251 e. The average molecular weight is 284 g/mol. The minimum Gasteiger partial charge on any atom is -0.352 e. The number of benzene rings is 1. The van der Waals surface area contributed by atoms with Crippen LogP contribution in [-0.2, 0) is 0 Å². The van der Waals surface area contributed by atoms with Crippen molar-refractivity contribution in [1.29, 1.82) is 0 Å². The number of aromatic nitrogens is 2. The van der Waals surface area contributed by atoms with Gasteiger partial charge in [0.25, 0.3) is 5.91 Å². The third-order valence-electron chi connectivity index (χ3n) is 4.17. The highest BCUT2D eigenvalue weighted by Gasteiger charge is 2.19. The summed E-state index contributed by atoms with van der Waals surface area (Å²) < 4.78 is 0. The van der Waals surface area contributed by atoms with Crippen LogP contribution in [0.4, 0.5) is 0 Å². The largest absolute Gasteiger partial charge is 0.352 e. The van der Waals surface area contributed by atoms with Crippen LogP contribution in [0.2, 0.25) is 0 Å². The van der Waals surface area contributed by atoms with Crippen molar-refractivity contribution < 1.29 is 4.79 Å². The molecule has 0 unspecified atom stereocenters. The number of fused-ring (bicyclic) bond motifs is 1. The summed E-state index contributed by atoms with van der Waals surface area (Å²) in [4.78, 5) is 20.6. The number of rotatable bonds is 3. The minimum atomic E-state index is -0.0441. The van der Waals surface area contributed by atoms with Gasteiger partial charge in [-0.3, -0.25) is 14.8 Å². The van der Waals surface area contributed by atoms with Crippen LogP contribution in [0.1, 0.15) is 36.0 Å². The first-order valence-corrected chi connectivity index (χ1v) is 7.47. The molecule has 3 rings (SSSR count). The minimum absolute atomic E-state index is 0.0441. The van der Waals surface area contributed by atoms with Crippen LogP contribution in [0.25, 0.3) is 11.0 Å². The summed E-state index contributed by atoms with van der Waals surface area (Å²) in [5.74, 6) is 0.506. The molecule has 1 aliphatic carbocycles. The molecule has 1 aromatic carbocycles. The van der Waals surface area contributed by atoms with E-state index in [9.17, 15) is 4.79 Å². The first kappa shape index (κ1) is 13.9. The van der Waals surface area contributed by atoms with Crippen molar-refractivity contribution in [2.45, 2.75) is 31.7 Å². The van der Waals surface area contributed by atoms with Gasteiger partial charge in [-0.1, -0.05) is 0 Å². The van der Waals surface area contributed by atoms with Gasteiger partial charge < -0.3 is 11.1 Å². The van der Waals surface area contributed by atoms with E-state index in [-0.39, 0.29) is 5.91 Å². The molecule has 21 heavy (non-hydrogen) atoms. The molecule has 110 valence electrons. The second-order valence-electron chi connectivity index (χ2n) is 5.75. The fourth-order valence-corrected chi connectivity index (χ4v) is 2.84. The van der Waals surface area contributed by atoms with Gasteiger partial charge in [-0.2, -0.15) is 0 Å². The van der Waals surface area contributed by atoms with Gasteiger partial charge in [0.2, 0.25) is 0 Å². The van der Waals surface area contributed by atoms with E-state index in [2.05, 4.69) is 15.3 Å². The number of nitrogens with two attached hydrogens (primary N) is 1. The molecule has 0 atom stereocenters. The van der Waals surface area contributed by atoms with Crippen LogP contribution in [0.3, 0.4) is 0 Å². The molecule has 0 aliphatic heterocycles. The molecular weight excluding hydrogens is 264 g/mol. The topological polar surface area (TPSA) is 80.9 Å². The number of hydrogen-bond acceptors (Lipinski definition) is 4. The predicted molar refractivity (Wildman–Crippen MR) is 81.8 cm³/mol. The Morgan fingerprint density at radius 3 is 2.62 bits per heavy atom. The fourth-order valence-electron chi connectivity index (χ4n) is 2.84. The summed E-state index contributed by atoms with van der Waals surface area (Å²) in [5.41, 5.74) is 8.08. The van der Waals surface area contributed by atoms with Gasteiger partial charge in [0.05, 0.1) is 11.0 Å². The Labute approximate surface area is 124 Å². The molecule has 2 aromatic rings. The Bertz CT molecular complexity index is 635. The third-order valence-corrected chi connectivity index (χ3v) is 4.17. The average Bonchev–Trinajstić information content (AvgIpc) is 2.53. The highest BCUT2D eigenvalue weighted by Crippen LogP contribution is 2.22. The molecule has 3 N–H and O–H groups in total.